The molecule has 7 aromatic carbocycles. The Morgan fingerprint density at radius 3 is 1.84 bits per heavy atom. The molecule has 45 heavy (non-hydrogen) atoms. The van der Waals surface area contributed by atoms with Crippen molar-refractivity contribution in [2.75, 3.05) is 0 Å². The molecule has 4 aromatic heterocycles. The molecule has 4 heterocycles. The Morgan fingerprint density at radius 1 is 0.444 bits per heavy atom. The maximum Gasteiger partial charge on any atom is 0.124 e. The van der Waals surface area contributed by atoms with E-state index in [1.807, 2.05) is 28.9 Å². The van der Waals surface area contributed by atoms with Crippen LogP contribution in [0.4, 0.5) is 0 Å². The van der Waals surface area contributed by atoms with Gasteiger partial charge in [0.05, 0.1) is 15.7 Å². The number of thiophene rings is 2. The summed E-state index contributed by atoms with van der Waals surface area (Å²) in [5, 5.41) is 15.6. The molecule has 4 heteroatoms. The Balaban J connectivity index is 1.40. The summed E-state index contributed by atoms with van der Waals surface area (Å²) in [6.45, 7) is 0. The quantitative estimate of drug-likeness (QED) is 0.170. The second-order valence-electron chi connectivity index (χ2n) is 11.9. The van der Waals surface area contributed by atoms with Crippen LogP contribution in [0, 0.1) is 0 Å². The van der Waals surface area contributed by atoms with E-state index in [1.54, 1.807) is 0 Å². The Labute approximate surface area is 265 Å². The van der Waals surface area contributed by atoms with Gasteiger partial charge in [-0.2, -0.15) is 0 Å². The van der Waals surface area contributed by atoms with E-state index in [2.05, 4.69) is 132 Å². The van der Waals surface area contributed by atoms with Gasteiger partial charge in [-0.1, -0.05) is 91.0 Å². The molecule has 0 aliphatic carbocycles. The number of nitrogens with zero attached hydrogens (tertiary/aromatic N) is 2. The molecule has 208 valence electrons. The molecule has 0 bridgehead atoms. The van der Waals surface area contributed by atoms with Gasteiger partial charge >= 0.3 is 0 Å². The van der Waals surface area contributed by atoms with Crippen LogP contribution in [0.15, 0.2) is 134 Å². The molecule has 11 rings (SSSR count). The molecule has 0 unspecified atom stereocenters. The lowest BCUT2D eigenvalue weighted by Gasteiger charge is -2.14. The highest BCUT2D eigenvalue weighted by Crippen LogP contribution is 2.52. The maximum atomic E-state index is 4.86. The van der Waals surface area contributed by atoms with E-state index in [4.69, 9.17) is 4.98 Å². The second kappa shape index (κ2) is 8.66. The zero-order valence-electron chi connectivity index (χ0n) is 23.9. The molecule has 2 nitrogen and oxygen atoms in total. The lowest BCUT2D eigenvalue weighted by molar-refractivity contribution is 1.19. The van der Waals surface area contributed by atoms with Crippen LogP contribution in [-0.2, 0) is 0 Å². The number of para-hydroxylation sites is 1. The fourth-order valence-corrected chi connectivity index (χ4v) is 10.3. The summed E-state index contributed by atoms with van der Waals surface area (Å²) in [5.41, 5.74) is 3.68. The largest absolute Gasteiger partial charge is 0.308 e. The molecular weight excluding hydrogens is 585 g/mol. The van der Waals surface area contributed by atoms with Crippen LogP contribution in [-0.4, -0.2) is 9.55 Å². The highest BCUT2D eigenvalue weighted by molar-refractivity contribution is 7.30. The zero-order chi connectivity index (χ0) is 29.2. The minimum Gasteiger partial charge on any atom is -0.308 e. The number of hydrogen-bond acceptors (Lipinski definition) is 3. The third-order valence-corrected chi connectivity index (χ3v) is 11.9. The van der Waals surface area contributed by atoms with E-state index >= 15 is 0 Å². The van der Waals surface area contributed by atoms with Crippen LogP contribution >= 0.6 is 22.7 Å². The van der Waals surface area contributed by atoms with Crippen molar-refractivity contribution in [3.8, 4) is 5.69 Å². The van der Waals surface area contributed by atoms with Crippen molar-refractivity contribution in [3.63, 3.8) is 0 Å². The molecule has 0 aliphatic rings. The van der Waals surface area contributed by atoms with E-state index in [0.29, 0.717) is 0 Å². The number of benzene rings is 7. The molecule has 0 radical (unpaired) electrons. The highest BCUT2D eigenvalue weighted by atomic mass is 32.1. The van der Waals surface area contributed by atoms with Crippen molar-refractivity contribution in [1.82, 2.24) is 9.55 Å². The maximum absolute atomic E-state index is 4.86. The summed E-state index contributed by atoms with van der Waals surface area (Å²) in [5.74, 6) is 0. The van der Waals surface area contributed by atoms with Gasteiger partial charge in [0, 0.05) is 53.6 Å². The third kappa shape index (κ3) is 3.05. The Kier molecular flexibility index (Phi) is 4.64. The van der Waals surface area contributed by atoms with Crippen LogP contribution in [0.1, 0.15) is 0 Å². The first-order valence-corrected chi connectivity index (χ1v) is 16.9. The SMILES string of the molecule is c1ccc2c(c1)sc1c3c4cccnc4sc3c3c(c4ccccc4n3-c3ccc4c5ccccc5c5ccccc5c4c3)c21. The molecule has 0 saturated carbocycles. The third-order valence-electron chi connectivity index (χ3n) is 9.61. The molecule has 11 aromatic rings. The fraction of sp³-hybridized carbons (Fsp3) is 0. The van der Waals surface area contributed by atoms with Crippen molar-refractivity contribution in [2.24, 2.45) is 0 Å². The molecule has 0 saturated heterocycles. The first-order valence-electron chi connectivity index (χ1n) is 15.2. The minimum absolute atomic E-state index is 1.09. The van der Waals surface area contributed by atoms with Crippen molar-refractivity contribution >= 4 is 117 Å². The van der Waals surface area contributed by atoms with Gasteiger partial charge < -0.3 is 4.57 Å². The fourth-order valence-electron chi connectivity index (χ4n) is 7.81. The van der Waals surface area contributed by atoms with Gasteiger partial charge in [0.25, 0.3) is 0 Å². The van der Waals surface area contributed by atoms with Gasteiger partial charge in [-0.25, -0.2) is 4.98 Å². The van der Waals surface area contributed by atoms with E-state index in [-0.39, 0.29) is 0 Å². The van der Waals surface area contributed by atoms with Gasteiger partial charge in [-0.3, -0.25) is 0 Å². The van der Waals surface area contributed by atoms with E-state index in [9.17, 15) is 0 Å². The summed E-state index contributed by atoms with van der Waals surface area (Å²) in [4.78, 5) is 5.95. The van der Waals surface area contributed by atoms with Crippen LogP contribution in [0.2, 0.25) is 0 Å². The molecule has 0 atom stereocenters. The minimum atomic E-state index is 1.09. The molecule has 0 N–H and O–H groups in total. The lowest BCUT2D eigenvalue weighted by atomic mass is 9.94. The normalized spacial score (nSPS) is 12.4. The molecular formula is C41H22N2S2. The lowest BCUT2D eigenvalue weighted by Crippen LogP contribution is -1.95. The Hall–Kier alpha value is -5.29. The number of aromatic nitrogens is 2. The smallest absolute Gasteiger partial charge is 0.124 e. The molecule has 0 aliphatic heterocycles. The van der Waals surface area contributed by atoms with Crippen LogP contribution < -0.4 is 0 Å². The van der Waals surface area contributed by atoms with Crippen LogP contribution in [0.5, 0.6) is 0 Å². The number of pyridine rings is 1. The van der Waals surface area contributed by atoms with Crippen molar-refractivity contribution in [3.05, 3.63) is 134 Å². The van der Waals surface area contributed by atoms with E-state index in [1.165, 1.54) is 95.5 Å². The second-order valence-corrected chi connectivity index (χ2v) is 13.9. The Bertz CT molecular complexity index is 3010. The molecule has 0 amide bonds. The number of fused-ring (bicyclic) bond motifs is 18. The Morgan fingerprint density at radius 2 is 1.07 bits per heavy atom. The van der Waals surface area contributed by atoms with Gasteiger partial charge in [0.15, 0.2) is 0 Å². The summed E-state index contributed by atoms with van der Waals surface area (Å²) in [6.07, 6.45) is 1.92. The number of hydrogen-bond donors (Lipinski definition) is 0. The van der Waals surface area contributed by atoms with E-state index < -0.39 is 0 Å². The van der Waals surface area contributed by atoms with Crippen LogP contribution in [0.25, 0.3) is 100 Å². The van der Waals surface area contributed by atoms with Crippen molar-refractivity contribution < 1.29 is 0 Å². The summed E-state index contributed by atoms with van der Waals surface area (Å²) in [7, 11) is 0. The first-order chi connectivity index (χ1) is 22.3. The van der Waals surface area contributed by atoms with Crippen molar-refractivity contribution in [2.45, 2.75) is 0 Å². The average Bonchev–Trinajstić information content (AvgIpc) is 3.78. The molecule has 0 spiro atoms. The van der Waals surface area contributed by atoms with Gasteiger partial charge in [-0.05, 0) is 68.7 Å². The van der Waals surface area contributed by atoms with Gasteiger partial charge in [-0.15, -0.1) is 22.7 Å². The highest BCUT2D eigenvalue weighted by Gasteiger charge is 2.24. The van der Waals surface area contributed by atoms with Gasteiger partial charge in [0.2, 0.25) is 0 Å². The average molecular weight is 607 g/mol. The van der Waals surface area contributed by atoms with Crippen LogP contribution in [0.3, 0.4) is 0 Å². The monoisotopic (exact) mass is 606 g/mol. The molecule has 0 fully saturated rings. The topological polar surface area (TPSA) is 17.8 Å². The van der Waals surface area contributed by atoms with Gasteiger partial charge in [0.1, 0.15) is 4.83 Å². The first kappa shape index (κ1) is 24.1. The predicted octanol–water partition coefficient (Wildman–Crippen LogP) is 12.4. The van der Waals surface area contributed by atoms with Crippen molar-refractivity contribution in [1.29, 1.82) is 0 Å². The summed E-state index contributed by atoms with van der Waals surface area (Å²) >= 11 is 3.74. The number of rotatable bonds is 1. The standard InChI is InChI=1S/C41H22N2S2/c1-2-12-26-24(10-1)25-11-3-4-13-27(25)32-22-23(19-20-28(26)32)43-33-17-7-5-14-29(33)35-36-30-15-6-8-18-34(30)44-39(36)37-31-16-9-21-42-41(31)45-40(37)38(35)43/h1-22H. The summed E-state index contributed by atoms with van der Waals surface area (Å²) in [6, 6.07) is 46.9. The predicted molar refractivity (Wildman–Crippen MR) is 197 cm³/mol. The zero-order valence-corrected chi connectivity index (χ0v) is 25.5. The summed E-state index contributed by atoms with van der Waals surface area (Å²) < 4.78 is 6.51. The van der Waals surface area contributed by atoms with E-state index in [0.717, 1.165) is 4.83 Å².